The van der Waals surface area contributed by atoms with Gasteiger partial charge in [0.2, 0.25) is 0 Å². The molecule has 78 valence electrons. The van der Waals surface area contributed by atoms with Crippen LogP contribution in [0.25, 0.3) is 0 Å². The van der Waals surface area contributed by atoms with E-state index >= 15 is 0 Å². The number of thioether (sulfide) groups is 1. The summed E-state index contributed by atoms with van der Waals surface area (Å²) in [6.07, 6.45) is 2.29. The number of halogens is 1. The summed E-state index contributed by atoms with van der Waals surface area (Å²) >= 11 is 8.26. The summed E-state index contributed by atoms with van der Waals surface area (Å²) in [6, 6.07) is 10.3. The van der Waals surface area contributed by atoms with Gasteiger partial charge in [-0.15, -0.1) is 11.6 Å². The van der Waals surface area contributed by atoms with Gasteiger partial charge in [0, 0.05) is 0 Å². The molecule has 1 unspecified atom stereocenters. The maximum absolute atomic E-state index is 6.28. The Morgan fingerprint density at radius 3 is 2.64 bits per heavy atom. The minimum absolute atomic E-state index is 0.189. The Balaban J connectivity index is 2.25. The number of rotatable bonds is 6. The minimum atomic E-state index is 0.189. The van der Waals surface area contributed by atoms with Crippen LogP contribution in [-0.2, 0) is 0 Å². The second-order valence-electron chi connectivity index (χ2n) is 3.22. The smallest absolute Gasteiger partial charge is 0.0585 e. The van der Waals surface area contributed by atoms with Gasteiger partial charge in [-0.2, -0.15) is 11.8 Å². The molecule has 0 saturated carbocycles. The summed E-state index contributed by atoms with van der Waals surface area (Å²) in [5, 5.41) is 0.189. The summed E-state index contributed by atoms with van der Waals surface area (Å²) in [6.45, 7) is 2.19. The average molecular weight is 229 g/mol. The van der Waals surface area contributed by atoms with Gasteiger partial charge < -0.3 is 0 Å². The second-order valence-corrected chi connectivity index (χ2v) is 5.14. The topological polar surface area (TPSA) is 0 Å². The van der Waals surface area contributed by atoms with Crippen molar-refractivity contribution < 1.29 is 0 Å². The standard InChI is InChI=1S/C12H17ClS/c1-2-14-10-6-9-12(13)11-7-4-3-5-8-11/h3-5,7-8,12H,2,6,9-10H2,1H3. The Morgan fingerprint density at radius 2 is 2.00 bits per heavy atom. The normalized spacial score (nSPS) is 12.7. The molecule has 0 heterocycles. The Bertz CT molecular complexity index is 235. The van der Waals surface area contributed by atoms with Crippen LogP contribution in [0.1, 0.15) is 30.7 Å². The van der Waals surface area contributed by atoms with Crippen molar-refractivity contribution in [3.05, 3.63) is 35.9 Å². The van der Waals surface area contributed by atoms with Crippen molar-refractivity contribution in [2.75, 3.05) is 11.5 Å². The zero-order valence-corrected chi connectivity index (χ0v) is 10.2. The van der Waals surface area contributed by atoms with Gasteiger partial charge in [-0.1, -0.05) is 37.3 Å². The van der Waals surface area contributed by atoms with Crippen LogP contribution in [0.4, 0.5) is 0 Å². The maximum Gasteiger partial charge on any atom is 0.0585 e. The van der Waals surface area contributed by atoms with Crippen LogP contribution >= 0.6 is 23.4 Å². The molecule has 0 fully saturated rings. The molecule has 0 aliphatic rings. The van der Waals surface area contributed by atoms with Crippen molar-refractivity contribution in [1.29, 1.82) is 0 Å². The third kappa shape index (κ3) is 4.39. The Labute approximate surface area is 96.0 Å². The van der Waals surface area contributed by atoms with Crippen LogP contribution in [0.2, 0.25) is 0 Å². The van der Waals surface area contributed by atoms with Gasteiger partial charge in [-0.3, -0.25) is 0 Å². The number of hydrogen-bond donors (Lipinski definition) is 0. The first-order chi connectivity index (χ1) is 6.84. The fourth-order valence-electron chi connectivity index (χ4n) is 1.34. The molecule has 1 rings (SSSR count). The van der Waals surface area contributed by atoms with Gasteiger partial charge in [-0.25, -0.2) is 0 Å². The molecular weight excluding hydrogens is 212 g/mol. The molecular formula is C12H17ClS. The van der Waals surface area contributed by atoms with Crippen LogP contribution in [-0.4, -0.2) is 11.5 Å². The van der Waals surface area contributed by atoms with Gasteiger partial charge in [0.05, 0.1) is 5.38 Å². The largest absolute Gasteiger partial charge is 0.162 e. The van der Waals surface area contributed by atoms with Gasteiger partial charge >= 0.3 is 0 Å². The summed E-state index contributed by atoms with van der Waals surface area (Å²) in [5.74, 6) is 2.44. The molecule has 1 aromatic rings. The molecule has 0 amide bonds. The zero-order chi connectivity index (χ0) is 10.2. The minimum Gasteiger partial charge on any atom is -0.162 e. The summed E-state index contributed by atoms with van der Waals surface area (Å²) in [7, 11) is 0. The quantitative estimate of drug-likeness (QED) is 0.510. The first-order valence-corrected chi connectivity index (χ1v) is 6.70. The van der Waals surface area contributed by atoms with Crippen molar-refractivity contribution >= 4 is 23.4 Å². The highest BCUT2D eigenvalue weighted by atomic mass is 35.5. The molecule has 0 aliphatic heterocycles. The lowest BCUT2D eigenvalue weighted by molar-refractivity contribution is 0.777. The van der Waals surface area contributed by atoms with E-state index < -0.39 is 0 Å². The van der Waals surface area contributed by atoms with E-state index in [9.17, 15) is 0 Å². The van der Waals surface area contributed by atoms with Gasteiger partial charge in [-0.05, 0) is 29.9 Å². The number of benzene rings is 1. The predicted molar refractivity (Wildman–Crippen MR) is 67.3 cm³/mol. The maximum atomic E-state index is 6.28. The highest BCUT2D eigenvalue weighted by Gasteiger charge is 2.05. The van der Waals surface area contributed by atoms with Crippen molar-refractivity contribution in [3.8, 4) is 0 Å². The monoisotopic (exact) mass is 228 g/mol. The van der Waals surface area contributed by atoms with Crippen molar-refractivity contribution in [2.45, 2.75) is 25.1 Å². The van der Waals surface area contributed by atoms with Crippen molar-refractivity contribution in [3.63, 3.8) is 0 Å². The molecule has 0 N–H and O–H groups in total. The Kier molecular flexibility index (Phi) is 6.13. The molecule has 0 bridgehead atoms. The molecule has 14 heavy (non-hydrogen) atoms. The second kappa shape index (κ2) is 7.19. The molecule has 0 spiro atoms. The predicted octanol–water partition coefficient (Wildman–Crippen LogP) is 4.50. The Morgan fingerprint density at radius 1 is 1.29 bits per heavy atom. The fraction of sp³-hybridized carbons (Fsp3) is 0.500. The van der Waals surface area contributed by atoms with Gasteiger partial charge in [0.25, 0.3) is 0 Å². The molecule has 0 aromatic heterocycles. The van der Waals surface area contributed by atoms with Crippen LogP contribution in [0.3, 0.4) is 0 Å². The van der Waals surface area contributed by atoms with E-state index in [1.54, 1.807) is 0 Å². The molecule has 0 nitrogen and oxygen atoms in total. The molecule has 2 heteroatoms. The van der Waals surface area contributed by atoms with Crippen LogP contribution < -0.4 is 0 Å². The zero-order valence-electron chi connectivity index (χ0n) is 8.58. The van der Waals surface area contributed by atoms with Crippen LogP contribution in [0.15, 0.2) is 30.3 Å². The lowest BCUT2D eigenvalue weighted by Gasteiger charge is -2.08. The average Bonchev–Trinajstić information content (AvgIpc) is 2.25. The van der Waals surface area contributed by atoms with Crippen LogP contribution in [0.5, 0.6) is 0 Å². The molecule has 0 saturated heterocycles. The van der Waals surface area contributed by atoms with E-state index in [1.807, 2.05) is 30.0 Å². The van der Waals surface area contributed by atoms with Gasteiger partial charge in [0.1, 0.15) is 0 Å². The van der Waals surface area contributed by atoms with Crippen molar-refractivity contribution in [2.24, 2.45) is 0 Å². The summed E-state index contributed by atoms with van der Waals surface area (Å²) in [5.41, 5.74) is 1.25. The number of hydrogen-bond acceptors (Lipinski definition) is 1. The van der Waals surface area contributed by atoms with Crippen LogP contribution in [0, 0.1) is 0 Å². The van der Waals surface area contributed by atoms with E-state index in [-0.39, 0.29) is 5.38 Å². The van der Waals surface area contributed by atoms with Crippen molar-refractivity contribution in [1.82, 2.24) is 0 Å². The van der Waals surface area contributed by atoms with E-state index in [0.717, 1.165) is 6.42 Å². The first kappa shape index (κ1) is 11.9. The highest BCUT2D eigenvalue weighted by molar-refractivity contribution is 7.99. The van der Waals surface area contributed by atoms with E-state index in [2.05, 4.69) is 19.1 Å². The van der Waals surface area contributed by atoms with E-state index in [1.165, 1.54) is 23.5 Å². The summed E-state index contributed by atoms with van der Waals surface area (Å²) in [4.78, 5) is 0. The third-order valence-electron chi connectivity index (χ3n) is 2.11. The Hall–Kier alpha value is -0.140. The number of alkyl halides is 1. The molecule has 1 atom stereocenters. The molecule has 1 aromatic carbocycles. The lowest BCUT2D eigenvalue weighted by atomic mass is 10.1. The fourth-order valence-corrected chi connectivity index (χ4v) is 2.30. The molecule has 0 radical (unpaired) electrons. The summed E-state index contributed by atoms with van der Waals surface area (Å²) < 4.78 is 0. The van der Waals surface area contributed by atoms with Gasteiger partial charge in [0.15, 0.2) is 0 Å². The third-order valence-corrected chi connectivity index (χ3v) is 3.57. The van der Waals surface area contributed by atoms with E-state index in [0.29, 0.717) is 0 Å². The SMILES string of the molecule is CCSCCCC(Cl)c1ccccc1. The highest BCUT2D eigenvalue weighted by Crippen LogP contribution is 2.25. The first-order valence-electron chi connectivity index (χ1n) is 5.11. The molecule has 0 aliphatic carbocycles. The lowest BCUT2D eigenvalue weighted by Crippen LogP contribution is -1.91. The van der Waals surface area contributed by atoms with E-state index in [4.69, 9.17) is 11.6 Å².